The van der Waals surface area contributed by atoms with Crippen molar-refractivity contribution in [3.05, 3.63) is 52.0 Å². The SMILES string of the molecule is O=C(C1CCc2ccccc2C1)N(Cc1nccs1)CC(F)(F)F. The number of carbonyl (C=O) groups is 1. The average Bonchev–Trinajstić information content (AvgIpc) is 3.05. The molecule has 0 saturated heterocycles. The lowest BCUT2D eigenvalue weighted by Crippen LogP contribution is -2.43. The topological polar surface area (TPSA) is 33.2 Å². The van der Waals surface area contributed by atoms with Crippen LogP contribution in [0.3, 0.4) is 0 Å². The number of amides is 1. The van der Waals surface area contributed by atoms with Gasteiger partial charge in [0.05, 0.1) is 6.54 Å². The minimum absolute atomic E-state index is 0.0891. The Morgan fingerprint density at radius 1 is 1.29 bits per heavy atom. The molecule has 3 rings (SSSR count). The van der Waals surface area contributed by atoms with Crippen LogP contribution in [0.15, 0.2) is 35.8 Å². The molecule has 1 unspecified atom stereocenters. The quantitative estimate of drug-likeness (QED) is 0.836. The number of hydrogen-bond acceptors (Lipinski definition) is 3. The van der Waals surface area contributed by atoms with Crippen LogP contribution < -0.4 is 0 Å². The zero-order valence-corrected chi connectivity index (χ0v) is 13.7. The number of aryl methyl sites for hydroxylation is 1. The summed E-state index contributed by atoms with van der Waals surface area (Å²) in [7, 11) is 0. The Labute approximate surface area is 142 Å². The first-order chi connectivity index (χ1) is 11.4. The Morgan fingerprint density at radius 2 is 2.04 bits per heavy atom. The summed E-state index contributed by atoms with van der Waals surface area (Å²) in [4.78, 5) is 17.6. The molecule has 3 nitrogen and oxygen atoms in total. The van der Waals surface area contributed by atoms with E-state index in [0.717, 1.165) is 16.9 Å². The van der Waals surface area contributed by atoms with Gasteiger partial charge in [0.15, 0.2) is 0 Å². The number of alkyl halides is 3. The minimum Gasteiger partial charge on any atom is -0.327 e. The van der Waals surface area contributed by atoms with Gasteiger partial charge in [-0.1, -0.05) is 24.3 Å². The molecular weight excluding hydrogens is 337 g/mol. The van der Waals surface area contributed by atoms with Gasteiger partial charge in [0, 0.05) is 17.5 Å². The Kier molecular flexibility index (Phi) is 4.89. The van der Waals surface area contributed by atoms with E-state index in [1.54, 1.807) is 5.38 Å². The summed E-state index contributed by atoms with van der Waals surface area (Å²) in [5, 5.41) is 2.21. The number of thiazole rings is 1. The van der Waals surface area contributed by atoms with Gasteiger partial charge in [-0.3, -0.25) is 4.79 Å². The summed E-state index contributed by atoms with van der Waals surface area (Å²) in [6, 6.07) is 7.80. The van der Waals surface area contributed by atoms with E-state index in [0.29, 0.717) is 17.8 Å². The number of fused-ring (bicyclic) bond motifs is 1. The molecule has 0 radical (unpaired) electrons. The second-order valence-corrected chi connectivity index (χ2v) is 6.92. The van der Waals surface area contributed by atoms with Gasteiger partial charge in [-0.2, -0.15) is 13.2 Å². The monoisotopic (exact) mass is 354 g/mol. The van der Waals surface area contributed by atoms with Crippen LogP contribution in [0.4, 0.5) is 13.2 Å². The second-order valence-electron chi connectivity index (χ2n) is 5.94. The maximum Gasteiger partial charge on any atom is 0.406 e. The molecule has 1 atom stereocenters. The Balaban J connectivity index is 1.76. The molecule has 7 heteroatoms. The molecule has 0 aliphatic heterocycles. The van der Waals surface area contributed by atoms with Gasteiger partial charge in [0.25, 0.3) is 0 Å². The molecule has 1 amide bonds. The maximum atomic E-state index is 12.9. The van der Waals surface area contributed by atoms with Gasteiger partial charge in [-0.25, -0.2) is 4.98 Å². The average molecular weight is 354 g/mol. The van der Waals surface area contributed by atoms with Crippen LogP contribution >= 0.6 is 11.3 Å². The van der Waals surface area contributed by atoms with E-state index >= 15 is 0 Å². The molecule has 1 aromatic carbocycles. The molecule has 0 fully saturated rings. The van der Waals surface area contributed by atoms with E-state index in [-0.39, 0.29) is 6.54 Å². The fraction of sp³-hybridized carbons (Fsp3) is 0.412. The van der Waals surface area contributed by atoms with E-state index in [1.165, 1.54) is 23.1 Å². The van der Waals surface area contributed by atoms with Gasteiger partial charge < -0.3 is 4.90 Å². The first-order valence-electron chi connectivity index (χ1n) is 7.73. The fourth-order valence-electron chi connectivity index (χ4n) is 3.09. The molecule has 1 aliphatic rings. The summed E-state index contributed by atoms with van der Waals surface area (Å²) in [5.41, 5.74) is 2.24. The van der Waals surface area contributed by atoms with Gasteiger partial charge in [0.1, 0.15) is 11.6 Å². The first-order valence-corrected chi connectivity index (χ1v) is 8.61. The van der Waals surface area contributed by atoms with Crippen molar-refractivity contribution in [3.63, 3.8) is 0 Å². The molecule has 0 N–H and O–H groups in total. The molecule has 1 heterocycles. The number of benzene rings is 1. The van der Waals surface area contributed by atoms with Crippen molar-refractivity contribution >= 4 is 17.2 Å². The Bertz CT molecular complexity index is 700. The second kappa shape index (κ2) is 6.93. The Hall–Kier alpha value is -1.89. The van der Waals surface area contributed by atoms with Crippen molar-refractivity contribution in [2.45, 2.75) is 32.0 Å². The van der Waals surface area contributed by atoms with E-state index in [2.05, 4.69) is 4.98 Å². The Morgan fingerprint density at radius 3 is 2.71 bits per heavy atom. The predicted octanol–water partition coefficient (Wildman–Crippen LogP) is 3.84. The minimum atomic E-state index is -4.42. The van der Waals surface area contributed by atoms with Gasteiger partial charge in [-0.05, 0) is 30.4 Å². The molecule has 0 bridgehead atoms. The van der Waals surface area contributed by atoms with Crippen molar-refractivity contribution in [3.8, 4) is 0 Å². The number of hydrogen-bond donors (Lipinski definition) is 0. The lowest BCUT2D eigenvalue weighted by molar-refractivity contribution is -0.165. The van der Waals surface area contributed by atoms with Crippen molar-refractivity contribution in [2.75, 3.05) is 6.54 Å². The number of rotatable bonds is 4. The summed E-state index contributed by atoms with van der Waals surface area (Å²) in [6.07, 6.45) is -1.07. The smallest absolute Gasteiger partial charge is 0.327 e. The van der Waals surface area contributed by atoms with Crippen molar-refractivity contribution < 1.29 is 18.0 Å². The number of halogens is 3. The lowest BCUT2D eigenvalue weighted by Gasteiger charge is -2.30. The van der Waals surface area contributed by atoms with E-state index < -0.39 is 24.5 Å². The summed E-state index contributed by atoms with van der Waals surface area (Å²) >= 11 is 1.26. The van der Waals surface area contributed by atoms with Crippen LogP contribution in [0, 0.1) is 5.92 Å². The molecule has 0 saturated carbocycles. The van der Waals surface area contributed by atoms with Crippen LogP contribution in [0.5, 0.6) is 0 Å². The summed E-state index contributed by atoms with van der Waals surface area (Å²) in [6.45, 7) is -1.32. The molecule has 128 valence electrons. The van der Waals surface area contributed by atoms with Crippen LogP contribution in [0.25, 0.3) is 0 Å². The zero-order chi connectivity index (χ0) is 17.2. The highest BCUT2D eigenvalue weighted by Crippen LogP contribution is 2.28. The third kappa shape index (κ3) is 4.14. The van der Waals surface area contributed by atoms with Crippen LogP contribution in [-0.4, -0.2) is 28.5 Å². The van der Waals surface area contributed by atoms with Crippen molar-refractivity contribution in [1.29, 1.82) is 0 Å². The van der Waals surface area contributed by atoms with Gasteiger partial charge in [-0.15, -0.1) is 11.3 Å². The van der Waals surface area contributed by atoms with Gasteiger partial charge in [0.2, 0.25) is 5.91 Å². The van der Waals surface area contributed by atoms with Crippen LogP contribution in [0.2, 0.25) is 0 Å². The number of carbonyl (C=O) groups excluding carboxylic acids is 1. The van der Waals surface area contributed by atoms with E-state index in [9.17, 15) is 18.0 Å². The normalized spacial score (nSPS) is 17.4. The molecule has 24 heavy (non-hydrogen) atoms. The summed E-state index contributed by atoms with van der Waals surface area (Å²) in [5.74, 6) is -0.834. The van der Waals surface area contributed by atoms with Crippen molar-refractivity contribution in [1.82, 2.24) is 9.88 Å². The zero-order valence-electron chi connectivity index (χ0n) is 12.9. The van der Waals surface area contributed by atoms with Crippen LogP contribution in [-0.2, 0) is 24.2 Å². The molecule has 0 spiro atoms. The maximum absolute atomic E-state index is 12.9. The highest BCUT2D eigenvalue weighted by molar-refractivity contribution is 7.09. The van der Waals surface area contributed by atoms with E-state index in [1.807, 2.05) is 24.3 Å². The molecular formula is C17H17F3N2OS. The largest absolute Gasteiger partial charge is 0.406 e. The predicted molar refractivity (Wildman–Crippen MR) is 85.5 cm³/mol. The summed E-state index contributed by atoms with van der Waals surface area (Å²) < 4.78 is 38.7. The molecule has 1 aliphatic carbocycles. The number of aromatic nitrogens is 1. The standard InChI is InChI=1S/C17H17F3N2OS/c18-17(19,20)11-22(10-15-21-7-8-24-15)16(23)14-6-5-12-3-1-2-4-13(12)9-14/h1-4,7-8,14H,5-6,9-11H2. The van der Waals surface area contributed by atoms with Gasteiger partial charge >= 0.3 is 6.18 Å². The molecule has 1 aromatic heterocycles. The first kappa shape index (κ1) is 17.0. The third-order valence-corrected chi connectivity index (χ3v) is 4.95. The third-order valence-electron chi connectivity index (χ3n) is 4.19. The fourth-order valence-corrected chi connectivity index (χ4v) is 3.72. The van der Waals surface area contributed by atoms with Crippen molar-refractivity contribution in [2.24, 2.45) is 5.92 Å². The highest BCUT2D eigenvalue weighted by atomic mass is 32.1. The van der Waals surface area contributed by atoms with E-state index in [4.69, 9.17) is 0 Å². The lowest BCUT2D eigenvalue weighted by atomic mass is 9.83. The number of nitrogens with zero attached hydrogens (tertiary/aromatic N) is 2. The van der Waals surface area contributed by atoms with Crippen LogP contribution in [0.1, 0.15) is 22.6 Å². The highest BCUT2D eigenvalue weighted by Gasteiger charge is 2.36. The molecule has 2 aromatic rings.